The summed E-state index contributed by atoms with van der Waals surface area (Å²) in [4.78, 5) is 35.5. The van der Waals surface area contributed by atoms with Gasteiger partial charge in [0, 0.05) is 7.05 Å². The Kier molecular flexibility index (Phi) is 10.4. The monoisotopic (exact) mass is 494 g/mol. The van der Waals surface area contributed by atoms with Crippen LogP contribution in [-0.4, -0.2) is 47.8 Å². The first kappa shape index (κ1) is 28.1. The molecule has 0 saturated heterocycles. The highest BCUT2D eigenvalue weighted by Crippen LogP contribution is 2.26. The van der Waals surface area contributed by atoms with E-state index in [9.17, 15) is 9.59 Å². The molecule has 0 aliphatic heterocycles. The van der Waals surface area contributed by atoms with Crippen LogP contribution >= 0.6 is 11.3 Å². The van der Waals surface area contributed by atoms with E-state index in [0.29, 0.717) is 6.42 Å². The summed E-state index contributed by atoms with van der Waals surface area (Å²) in [5, 5.41) is 15.5. The summed E-state index contributed by atoms with van der Waals surface area (Å²) in [5.74, 6) is -0.976. The lowest BCUT2D eigenvalue weighted by Crippen LogP contribution is -2.55. The molecule has 2 aromatic rings. The zero-order valence-electron chi connectivity index (χ0n) is 21.1. The first-order chi connectivity index (χ1) is 16.0. The molecule has 0 aliphatic carbocycles. The van der Waals surface area contributed by atoms with E-state index in [1.807, 2.05) is 59.7 Å². The van der Waals surface area contributed by atoms with Gasteiger partial charge >= 0.3 is 0 Å². The van der Waals surface area contributed by atoms with Crippen molar-refractivity contribution in [1.29, 1.82) is 0 Å². The van der Waals surface area contributed by atoms with Gasteiger partial charge in [-0.05, 0) is 42.4 Å². The summed E-state index contributed by atoms with van der Waals surface area (Å²) in [5.41, 5.74) is 3.01. The summed E-state index contributed by atoms with van der Waals surface area (Å²) < 4.78 is 7.26. The number of nitrogens with one attached hydrogen (secondary N) is 3. The van der Waals surface area contributed by atoms with Crippen molar-refractivity contribution in [3.63, 3.8) is 0 Å². The van der Waals surface area contributed by atoms with Crippen molar-refractivity contribution in [3.8, 4) is 0 Å². The first-order valence-electron chi connectivity index (χ1n) is 11.5. The molecule has 9 nitrogen and oxygen atoms in total. The average Bonchev–Trinajstić information content (AvgIpc) is 3.13. The number of hydrogen-bond donors (Lipinski definition) is 4. The SMILES string of the molecule is CNC(=O)C(NC(=O)C(CC(C)C)C(CONO)OCc1ccc2sc(C)nc2c1)C(C)(C)C. The molecule has 0 aliphatic rings. The molecule has 0 spiro atoms. The Morgan fingerprint density at radius 3 is 2.50 bits per heavy atom. The van der Waals surface area contributed by atoms with E-state index in [1.54, 1.807) is 24.0 Å². The number of carbonyl (C=O) groups is 2. The second kappa shape index (κ2) is 12.6. The van der Waals surface area contributed by atoms with Crippen LogP contribution in [0.4, 0.5) is 0 Å². The molecule has 0 fully saturated rings. The van der Waals surface area contributed by atoms with Crippen LogP contribution in [-0.2, 0) is 25.8 Å². The van der Waals surface area contributed by atoms with Crippen LogP contribution in [0.5, 0.6) is 0 Å². The van der Waals surface area contributed by atoms with E-state index >= 15 is 0 Å². The molecule has 3 unspecified atom stereocenters. The summed E-state index contributed by atoms with van der Waals surface area (Å²) in [7, 11) is 1.55. The van der Waals surface area contributed by atoms with Gasteiger partial charge in [0.15, 0.2) is 0 Å². The molecule has 4 N–H and O–H groups in total. The largest absolute Gasteiger partial charge is 0.370 e. The molecule has 0 radical (unpaired) electrons. The minimum absolute atomic E-state index is 0.0560. The highest BCUT2D eigenvalue weighted by molar-refractivity contribution is 7.18. The Labute approximate surface area is 205 Å². The van der Waals surface area contributed by atoms with Crippen LogP contribution in [0.15, 0.2) is 18.2 Å². The molecule has 0 saturated carbocycles. The lowest BCUT2D eigenvalue weighted by atomic mass is 9.84. The Morgan fingerprint density at radius 2 is 1.91 bits per heavy atom. The van der Waals surface area contributed by atoms with Crippen molar-refractivity contribution in [3.05, 3.63) is 28.8 Å². The zero-order valence-corrected chi connectivity index (χ0v) is 21.9. The molecule has 3 atom stereocenters. The normalized spacial score (nSPS) is 14.7. The fourth-order valence-corrected chi connectivity index (χ4v) is 4.59. The van der Waals surface area contributed by atoms with Gasteiger partial charge in [0.2, 0.25) is 11.8 Å². The fourth-order valence-electron chi connectivity index (χ4n) is 3.79. The smallest absolute Gasteiger partial charge is 0.242 e. The quantitative estimate of drug-likeness (QED) is 0.334. The number of fused-ring (bicyclic) bond motifs is 1. The molecular weight excluding hydrogens is 456 g/mol. The predicted molar refractivity (Wildman–Crippen MR) is 132 cm³/mol. The Hall–Kier alpha value is -2.11. The fraction of sp³-hybridized carbons (Fsp3) is 0.625. The molecule has 2 rings (SSSR count). The van der Waals surface area contributed by atoms with E-state index in [1.165, 1.54) is 0 Å². The second-order valence-electron chi connectivity index (χ2n) is 9.94. The molecule has 1 heterocycles. The van der Waals surface area contributed by atoms with Gasteiger partial charge in [-0.15, -0.1) is 11.3 Å². The number of amides is 2. The van der Waals surface area contributed by atoms with Gasteiger partial charge in [0.1, 0.15) is 6.04 Å². The molecule has 2 amide bonds. The number of carbonyl (C=O) groups excluding carboxylic acids is 2. The van der Waals surface area contributed by atoms with Crippen molar-refractivity contribution in [2.75, 3.05) is 13.7 Å². The van der Waals surface area contributed by atoms with Crippen LogP contribution in [0.1, 0.15) is 51.6 Å². The molecule has 0 bridgehead atoms. The van der Waals surface area contributed by atoms with E-state index in [-0.39, 0.29) is 30.9 Å². The third-order valence-corrected chi connectivity index (χ3v) is 6.46. The van der Waals surface area contributed by atoms with Crippen molar-refractivity contribution in [2.24, 2.45) is 17.3 Å². The standard InChI is InChI=1S/C24H38N4O5S/c1-14(2)10-17(22(29)27-21(23(30)25-7)24(4,5)6)19(13-33-28-31)32-12-16-8-9-20-18(11-16)26-15(3)34-20/h8-9,11,14,17,19,21,28,31H,10,12-13H2,1-7H3,(H,25,30)(H,27,29). The maximum Gasteiger partial charge on any atom is 0.242 e. The van der Waals surface area contributed by atoms with E-state index in [4.69, 9.17) is 14.8 Å². The number of thiazole rings is 1. The first-order valence-corrected chi connectivity index (χ1v) is 12.3. The number of aryl methyl sites for hydroxylation is 1. The number of aromatic nitrogens is 1. The third kappa shape index (κ3) is 7.99. The topological polar surface area (TPSA) is 122 Å². The molecular formula is C24H38N4O5S. The van der Waals surface area contributed by atoms with Crippen molar-refractivity contribution >= 4 is 33.4 Å². The maximum absolute atomic E-state index is 13.4. The van der Waals surface area contributed by atoms with Gasteiger partial charge in [-0.3, -0.25) is 19.6 Å². The lowest BCUT2D eigenvalue weighted by Gasteiger charge is -2.33. The molecule has 34 heavy (non-hydrogen) atoms. The van der Waals surface area contributed by atoms with Crippen LogP contribution in [0, 0.1) is 24.2 Å². The Morgan fingerprint density at radius 1 is 1.21 bits per heavy atom. The van der Waals surface area contributed by atoms with Gasteiger partial charge in [-0.2, -0.15) is 0 Å². The number of hydrogen-bond acceptors (Lipinski definition) is 8. The lowest BCUT2D eigenvalue weighted by molar-refractivity contribution is -0.170. The Bertz CT molecular complexity index is 956. The maximum atomic E-state index is 13.4. The minimum Gasteiger partial charge on any atom is -0.370 e. The average molecular weight is 495 g/mol. The Balaban J connectivity index is 2.24. The van der Waals surface area contributed by atoms with Crippen LogP contribution in [0.3, 0.4) is 0 Å². The molecule has 1 aromatic carbocycles. The van der Waals surface area contributed by atoms with Crippen molar-refractivity contribution in [1.82, 2.24) is 21.3 Å². The molecule has 10 heteroatoms. The van der Waals surface area contributed by atoms with E-state index < -0.39 is 23.5 Å². The predicted octanol–water partition coefficient (Wildman–Crippen LogP) is 3.34. The van der Waals surface area contributed by atoms with Gasteiger partial charge in [0.25, 0.3) is 0 Å². The van der Waals surface area contributed by atoms with Crippen LogP contribution < -0.4 is 16.3 Å². The highest BCUT2D eigenvalue weighted by atomic mass is 32.1. The van der Waals surface area contributed by atoms with E-state index in [2.05, 4.69) is 15.6 Å². The summed E-state index contributed by atoms with van der Waals surface area (Å²) in [6, 6.07) is 5.24. The van der Waals surface area contributed by atoms with Crippen LogP contribution in [0.25, 0.3) is 10.2 Å². The van der Waals surface area contributed by atoms with Crippen molar-refractivity contribution in [2.45, 2.75) is 66.7 Å². The minimum atomic E-state index is -0.715. The summed E-state index contributed by atoms with van der Waals surface area (Å²) >= 11 is 1.63. The van der Waals surface area contributed by atoms with E-state index in [0.717, 1.165) is 20.8 Å². The number of nitrogens with zero attached hydrogens (tertiary/aromatic N) is 1. The van der Waals surface area contributed by atoms with Gasteiger partial charge in [0.05, 0.1) is 40.5 Å². The number of ether oxygens (including phenoxy) is 1. The summed E-state index contributed by atoms with van der Waals surface area (Å²) in [6.07, 6.45) is -0.152. The highest BCUT2D eigenvalue weighted by Gasteiger charge is 2.37. The zero-order chi connectivity index (χ0) is 25.5. The number of rotatable bonds is 12. The number of benzene rings is 1. The molecule has 1 aromatic heterocycles. The van der Waals surface area contributed by atoms with Crippen LogP contribution in [0.2, 0.25) is 0 Å². The molecule has 190 valence electrons. The summed E-state index contributed by atoms with van der Waals surface area (Å²) in [6.45, 7) is 11.9. The van der Waals surface area contributed by atoms with Gasteiger partial charge in [-0.25, -0.2) is 4.98 Å². The second-order valence-corrected chi connectivity index (χ2v) is 11.2. The van der Waals surface area contributed by atoms with Crippen molar-refractivity contribution < 1.29 is 24.4 Å². The van der Waals surface area contributed by atoms with Gasteiger partial charge < -0.3 is 15.4 Å². The van der Waals surface area contributed by atoms with Gasteiger partial charge in [-0.1, -0.05) is 46.3 Å². The number of likely N-dealkylation sites (N-methyl/N-ethyl adjacent to an activating group) is 1. The third-order valence-electron chi connectivity index (χ3n) is 5.51.